The molecule has 0 spiro atoms. The van der Waals surface area contributed by atoms with Crippen LogP contribution in [-0.4, -0.2) is 16.5 Å². The van der Waals surface area contributed by atoms with E-state index in [1.54, 1.807) is 0 Å². The number of hydrogen-bond acceptors (Lipinski definition) is 4. The zero-order valence-corrected chi connectivity index (χ0v) is 11.7. The van der Waals surface area contributed by atoms with Gasteiger partial charge in [-0.05, 0) is 38.0 Å². The highest BCUT2D eigenvalue weighted by molar-refractivity contribution is 5.56. The summed E-state index contributed by atoms with van der Waals surface area (Å²) < 4.78 is 0. The molecule has 1 aromatic carbocycles. The van der Waals surface area contributed by atoms with Crippen LogP contribution in [0.15, 0.2) is 30.3 Å². The van der Waals surface area contributed by atoms with Crippen LogP contribution < -0.4 is 10.6 Å². The smallest absolute Gasteiger partial charge is 0.229 e. The molecule has 0 atom stereocenters. The van der Waals surface area contributed by atoms with Gasteiger partial charge < -0.3 is 10.6 Å². The number of nitrogens with one attached hydrogen (secondary N) is 2. The molecule has 0 aliphatic carbocycles. The topological polar surface area (TPSA) is 49.8 Å². The second-order valence-corrected chi connectivity index (χ2v) is 4.64. The van der Waals surface area contributed by atoms with Crippen LogP contribution in [0, 0.1) is 13.8 Å². The predicted molar refractivity (Wildman–Crippen MR) is 80.0 cm³/mol. The lowest BCUT2D eigenvalue weighted by Crippen LogP contribution is -2.06. The summed E-state index contributed by atoms with van der Waals surface area (Å²) in [6.45, 7) is 7.09. The number of benzene rings is 1. The molecule has 0 aliphatic heterocycles. The van der Waals surface area contributed by atoms with Crippen molar-refractivity contribution >= 4 is 17.5 Å². The van der Waals surface area contributed by atoms with Gasteiger partial charge in [-0.25, -0.2) is 4.98 Å². The van der Waals surface area contributed by atoms with Gasteiger partial charge in [0.15, 0.2) is 0 Å². The van der Waals surface area contributed by atoms with E-state index in [9.17, 15) is 0 Å². The van der Waals surface area contributed by atoms with Gasteiger partial charge in [-0.2, -0.15) is 4.98 Å². The lowest BCUT2D eigenvalue weighted by Gasteiger charge is -2.09. The lowest BCUT2D eigenvalue weighted by atomic mass is 10.2. The summed E-state index contributed by atoms with van der Waals surface area (Å²) in [6, 6.07) is 10.1. The van der Waals surface area contributed by atoms with E-state index in [2.05, 4.69) is 46.6 Å². The fourth-order valence-electron chi connectivity index (χ4n) is 1.82. The molecule has 1 aromatic heterocycles. The van der Waals surface area contributed by atoms with Gasteiger partial charge in [-0.3, -0.25) is 0 Å². The van der Waals surface area contributed by atoms with Crippen LogP contribution in [0.3, 0.4) is 0 Å². The Bertz CT molecular complexity index is 552. The third-order valence-corrected chi connectivity index (χ3v) is 2.68. The third-order valence-electron chi connectivity index (χ3n) is 2.68. The zero-order valence-electron chi connectivity index (χ0n) is 11.7. The molecule has 1 heterocycles. The molecule has 0 aliphatic rings. The fourth-order valence-corrected chi connectivity index (χ4v) is 1.82. The highest BCUT2D eigenvalue weighted by atomic mass is 15.1. The predicted octanol–water partition coefficient (Wildman–Crippen LogP) is 3.66. The minimum atomic E-state index is 0.629. The average Bonchev–Trinajstić information content (AvgIpc) is 2.35. The Hall–Kier alpha value is -2.10. The molecular weight excluding hydrogens is 236 g/mol. The Labute approximate surface area is 114 Å². The molecular formula is C15H20N4. The summed E-state index contributed by atoms with van der Waals surface area (Å²) >= 11 is 0. The number of rotatable bonds is 5. The van der Waals surface area contributed by atoms with Crippen molar-refractivity contribution in [1.29, 1.82) is 0 Å². The number of aryl methyl sites for hydroxylation is 2. The molecule has 0 radical (unpaired) electrons. The van der Waals surface area contributed by atoms with Gasteiger partial charge in [0.25, 0.3) is 0 Å². The van der Waals surface area contributed by atoms with Gasteiger partial charge in [0.2, 0.25) is 5.95 Å². The average molecular weight is 256 g/mol. The van der Waals surface area contributed by atoms with Crippen molar-refractivity contribution in [2.75, 3.05) is 17.2 Å². The minimum Gasteiger partial charge on any atom is -0.370 e. The van der Waals surface area contributed by atoms with Crippen molar-refractivity contribution in [1.82, 2.24) is 9.97 Å². The molecule has 4 heteroatoms. The van der Waals surface area contributed by atoms with Crippen molar-refractivity contribution in [3.8, 4) is 0 Å². The molecule has 0 unspecified atom stereocenters. The van der Waals surface area contributed by atoms with Crippen LogP contribution >= 0.6 is 0 Å². The first-order chi connectivity index (χ1) is 9.17. The highest BCUT2D eigenvalue weighted by Gasteiger charge is 2.02. The SMILES string of the molecule is CCCNc1cc(C)nc(Nc2cccc(C)c2)n1. The minimum absolute atomic E-state index is 0.629. The van der Waals surface area contributed by atoms with Crippen molar-refractivity contribution < 1.29 is 0 Å². The van der Waals surface area contributed by atoms with Gasteiger partial charge in [0.05, 0.1) is 0 Å². The molecule has 19 heavy (non-hydrogen) atoms. The summed E-state index contributed by atoms with van der Waals surface area (Å²) in [7, 11) is 0. The summed E-state index contributed by atoms with van der Waals surface area (Å²) in [5, 5.41) is 6.52. The summed E-state index contributed by atoms with van der Waals surface area (Å²) in [6.07, 6.45) is 1.07. The highest BCUT2D eigenvalue weighted by Crippen LogP contribution is 2.16. The van der Waals surface area contributed by atoms with E-state index in [0.717, 1.165) is 30.2 Å². The molecule has 100 valence electrons. The second-order valence-electron chi connectivity index (χ2n) is 4.64. The van der Waals surface area contributed by atoms with Crippen LogP contribution in [0.1, 0.15) is 24.6 Å². The van der Waals surface area contributed by atoms with Gasteiger partial charge in [-0.1, -0.05) is 19.1 Å². The van der Waals surface area contributed by atoms with Crippen LogP contribution in [0.2, 0.25) is 0 Å². The summed E-state index contributed by atoms with van der Waals surface area (Å²) in [4.78, 5) is 8.87. The Morgan fingerprint density at radius 2 is 1.95 bits per heavy atom. The number of anilines is 3. The van der Waals surface area contributed by atoms with E-state index in [4.69, 9.17) is 0 Å². The van der Waals surface area contributed by atoms with Gasteiger partial charge in [0.1, 0.15) is 5.82 Å². The third kappa shape index (κ3) is 3.95. The maximum Gasteiger partial charge on any atom is 0.229 e. The molecule has 0 amide bonds. The van der Waals surface area contributed by atoms with Crippen molar-refractivity contribution in [3.63, 3.8) is 0 Å². The lowest BCUT2D eigenvalue weighted by molar-refractivity contribution is 0.962. The quantitative estimate of drug-likeness (QED) is 0.857. The maximum atomic E-state index is 4.46. The first kappa shape index (κ1) is 13.3. The van der Waals surface area contributed by atoms with Crippen LogP contribution in [-0.2, 0) is 0 Å². The number of aromatic nitrogens is 2. The monoisotopic (exact) mass is 256 g/mol. The molecule has 2 rings (SSSR count). The fraction of sp³-hybridized carbons (Fsp3) is 0.333. The Morgan fingerprint density at radius 3 is 2.68 bits per heavy atom. The first-order valence-corrected chi connectivity index (χ1v) is 6.60. The molecule has 0 saturated heterocycles. The Kier molecular flexibility index (Phi) is 4.34. The van der Waals surface area contributed by atoms with Gasteiger partial charge >= 0.3 is 0 Å². The Balaban J connectivity index is 2.17. The number of hydrogen-bond donors (Lipinski definition) is 2. The molecule has 0 saturated carbocycles. The molecule has 0 bridgehead atoms. The standard InChI is InChI=1S/C15H20N4/c1-4-8-16-14-10-12(3)17-15(19-14)18-13-7-5-6-11(2)9-13/h5-7,9-10H,4,8H2,1-3H3,(H2,16,17,18,19). The van der Waals surface area contributed by atoms with E-state index in [0.29, 0.717) is 5.95 Å². The van der Waals surface area contributed by atoms with Crippen molar-refractivity contribution in [3.05, 3.63) is 41.6 Å². The maximum absolute atomic E-state index is 4.46. The van der Waals surface area contributed by atoms with Crippen molar-refractivity contribution in [2.24, 2.45) is 0 Å². The first-order valence-electron chi connectivity index (χ1n) is 6.60. The molecule has 2 N–H and O–H groups in total. The van der Waals surface area contributed by atoms with Crippen LogP contribution in [0.4, 0.5) is 17.5 Å². The molecule has 2 aromatic rings. The molecule has 0 fully saturated rings. The van der Waals surface area contributed by atoms with Gasteiger partial charge in [0, 0.05) is 24.0 Å². The zero-order chi connectivity index (χ0) is 13.7. The van der Waals surface area contributed by atoms with E-state index < -0.39 is 0 Å². The van der Waals surface area contributed by atoms with E-state index in [1.165, 1.54) is 5.56 Å². The Morgan fingerprint density at radius 1 is 1.11 bits per heavy atom. The number of nitrogens with zero attached hydrogens (tertiary/aromatic N) is 2. The largest absolute Gasteiger partial charge is 0.370 e. The normalized spacial score (nSPS) is 10.3. The summed E-state index contributed by atoms with van der Waals surface area (Å²) in [5.41, 5.74) is 3.16. The van der Waals surface area contributed by atoms with Crippen LogP contribution in [0.25, 0.3) is 0 Å². The molecule has 4 nitrogen and oxygen atoms in total. The van der Waals surface area contributed by atoms with Crippen LogP contribution in [0.5, 0.6) is 0 Å². The van der Waals surface area contributed by atoms with Gasteiger partial charge in [-0.15, -0.1) is 0 Å². The summed E-state index contributed by atoms with van der Waals surface area (Å²) in [5.74, 6) is 1.49. The second kappa shape index (κ2) is 6.18. The van der Waals surface area contributed by atoms with E-state index in [-0.39, 0.29) is 0 Å². The van der Waals surface area contributed by atoms with E-state index in [1.807, 2.05) is 25.1 Å². The van der Waals surface area contributed by atoms with E-state index >= 15 is 0 Å². The van der Waals surface area contributed by atoms with Crippen molar-refractivity contribution in [2.45, 2.75) is 27.2 Å².